The van der Waals surface area contributed by atoms with Crippen molar-refractivity contribution in [2.45, 2.75) is 25.5 Å². The van der Waals surface area contributed by atoms with Crippen LogP contribution in [0.5, 0.6) is 0 Å². The average Bonchev–Trinajstić information content (AvgIpc) is 2.74. The van der Waals surface area contributed by atoms with Crippen molar-refractivity contribution in [1.82, 2.24) is 19.7 Å². The van der Waals surface area contributed by atoms with Gasteiger partial charge in [-0.25, -0.2) is 14.6 Å². The molecular weight excluding hydrogens is 263 g/mol. The second-order valence-corrected chi connectivity index (χ2v) is 4.64. The van der Waals surface area contributed by atoms with Crippen LogP contribution in [0.3, 0.4) is 0 Å². The van der Waals surface area contributed by atoms with Gasteiger partial charge in [-0.2, -0.15) is 5.10 Å². The highest BCUT2D eigenvalue weighted by molar-refractivity contribution is 6.35. The van der Waals surface area contributed by atoms with Crippen molar-refractivity contribution in [2.75, 3.05) is 6.61 Å². The SMILES string of the molecule is Clc1nc(Cl)c2nn(C3CCCCO3)cc2n1. The van der Waals surface area contributed by atoms with Crippen LogP contribution in [0, 0.1) is 0 Å². The van der Waals surface area contributed by atoms with Gasteiger partial charge in [0.15, 0.2) is 5.15 Å². The lowest BCUT2D eigenvalue weighted by Gasteiger charge is -2.22. The minimum absolute atomic E-state index is 0.0345. The molecule has 0 N–H and O–H groups in total. The number of halogens is 2. The van der Waals surface area contributed by atoms with Crippen molar-refractivity contribution in [3.63, 3.8) is 0 Å². The summed E-state index contributed by atoms with van der Waals surface area (Å²) in [6.45, 7) is 0.765. The Morgan fingerprint density at radius 2 is 2.18 bits per heavy atom. The maximum Gasteiger partial charge on any atom is 0.224 e. The quantitative estimate of drug-likeness (QED) is 0.592. The largest absolute Gasteiger partial charge is 0.357 e. The van der Waals surface area contributed by atoms with E-state index in [0.717, 1.165) is 25.9 Å². The molecule has 1 atom stereocenters. The molecule has 2 aromatic heterocycles. The Morgan fingerprint density at radius 3 is 2.94 bits per heavy atom. The predicted molar refractivity (Wildman–Crippen MR) is 64.2 cm³/mol. The van der Waals surface area contributed by atoms with Crippen LogP contribution in [0.15, 0.2) is 6.20 Å². The van der Waals surface area contributed by atoms with E-state index >= 15 is 0 Å². The van der Waals surface area contributed by atoms with Crippen molar-refractivity contribution < 1.29 is 4.74 Å². The summed E-state index contributed by atoms with van der Waals surface area (Å²) in [5.41, 5.74) is 1.20. The van der Waals surface area contributed by atoms with E-state index in [-0.39, 0.29) is 16.7 Å². The van der Waals surface area contributed by atoms with Gasteiger partial charge in [0.25, 0.3) is 0 Å². The molecule has 1 aliphatic rings. The fourth-order valence-corrected chi connectivity index (χ4v) is 2.38. The smallest absolute Gasteiger partial charge is 0.224 e. The number of aromatic nitrogens is 4. The standard InChI is InChI=1S/C10H10Cl2N4O/c11-9-8-6(13-10(12)14-9)5-16(15-8)7-3-1-2-4-17-7/h5,7H,1-4H2. The number of nitrogens with zero attached hydrogens (tertiary/aromatic N) is 4. The summed E-state index contributed by atoms with van der Waals surface area (Å²) in [5, 5.41) is 4.76. The van der Waals surface area contributed by atoms with Crippen molar-refractivity contribution >= 4 is 34.2 Å². The zero-order chi connectivity index (χ0) is 11.8. The molecule has 1 saturated heterocycles. The first-order valence-corrected chi connectivity index (χ1v) is 6.19. The van der Waals surface area contributed by atoms with E-state index in [1.165, 1.54) is 0 Å². The second-order valence-electron chi connectivity index (χ2n) is 3.95. The number of hydrogen-bond acceptors (Lipinski definition) is 4. The maximum atomic E-state index is 5.96. The third-order valence-electron chi connectivity index (χ3n) is 2.76. The lowest BCUT2D eigenvalue weighted by molar-refractivity contribution is -0.0390. The van der Waals surface area contributed by atoms with Gasteiger partial charge in [-0.3, -0.25) is 0 Å². The summed E-state index contributed by atoms with van der Waals surface area (Å²) in [6.07, 6.45) is 4.95. The predicted octanol–water partition coefficient (Wildman–Crippen LogP) is 2.83. The van der Waals surface area contributed by atoms with Crippen LogP contribution in [-0.2, 0) is 4.74 Å². The van der Waals surface area contributed by atoms with E-state index in [9.17, 15) is 0 Å². The lowest BCUT2D eigenvalue weighted by atomic mass is 10.2. The third kappa shape index (κ3) is 2.10. The van der Waals surface area contributed by atoms with E-state index in [0.29, 0.717) is 11.0 Å². The van der Waals surface area contributed by atoms with Crippen molar-refractivity contribution in [3.05, 3.63) is 16.6 Å². The fourth-order valence-electron chi connectivity index (χ4n) is 1.95. The first-order valence-electron chi connectivity index (χ1n) is 5.43. The van der Waals surface area contributed by atoms with Gasteiger partial charge in [0.2, 0.25) is 5.28 Å². The number of ether oxygens (including phenoxy) is 1. The topological polar surface area (TPSA) is 52.8 Å². The highest BCUT2D eigenvalue weighted by atomic mass is 35.5. The average molecular weight is 273 g/mol. The Balaban J connectivity index is 2.03. The summed E-state index contributed by atoms with van der Waals surface area (Å²) in [4.78, 5) is 7.95. The summed E-state index contributed by atoms with van der Waals surface area (Å²) < 4.78 is 7.39. The monoisotopic (exact) mass is 272 g/mol. The fraction of sp³-hybridized carbons (Fsp3) is 0.500. The molecule has 17 heavy (non-hydrogen) atoms. The molecule has 0 spiro atoms. The lowest BCUT2D eigenvalue weighted by Crippen LogP contribution is -2.18. The molecule has 0 radical (unpaired) electrons. The molecule has 3 heterocycles. The summed E-state index contributed by atoms with van der Waals surface area (Å²) >= 11 is 11.7. The van der Waals surface area contributed by atoms with E-state index in [1.54, 1.807) is 10.9 Å². The second kappa shape index (κ2) is 4.40. The van der Waals surface area contributed by atoms with Crippen LogP contribution in [0.1, 0.15) is 25.5 Å². The maximum absolute atomic E-state index is 5.96. The minimum Gasteiger partial charge on any atom is -0.357 e. The van der Waals surface area contributed by atoms with Crippen LogP contribution in [0.4, 0.5) is 0 Å². The van der Waals surface area contributed by atoms with Crippen molar-refractivity contribution in [2.24, 2.45) is 0 Å². The molecule has 0 bridgehead atoms. The van der Waals surface area contributed by atoms with Gasteiger partial charge < -0.3 is 4.74 Å². The van der Waals surface area contributed by atoms with Crippen molar-refractivity contribution in [3.8, 4) is 0 Å². The summed E-state index contributed by atoms with van der Waals surface area (Å²) in [5.74, 6) is 0. The molecular formula is C10H10Cl2N4O. The zero-order valence-electron chi connectivity index (χ0n) is 8.94. The van der Waals surface area contributed by atoms with Gasteiger partial charge >= 0.3 is 0 Å². The van der Waals surface area contributed by atoms with Crippen LogP contribution >= 0.6 is 23.2 Å². The molecule has 5 nitrogen and oxygen atoms in total. The van der Waals surface area contributed by atoms with Crippen LogP contribution < -0.4 is 0 Å². The molecule has 0 saturated carbocycles. The molecule has 1 aliphatic heterocycles. The van der Waals surface area contributed by atoms with Crippen LogP contribution in [-0.4, -0.2) is 26.4 Å². The highest BCUT2D eigenvalue weighted by Crippen LogP contribution is 2.26. The molecule has 0 aliphatic carbocycles. The van der Waals surface area contributed by atoms with Gasteiger partial charge in [-0.15, -0.1) is 0 Å². The molecule has 1 fully saturated rings. The van der Waals surface area contributed by atoms with E-state index in [1.807, 2.05) is 0 Å². The van der Waals surface area contributed by atoms with Crippen LogP contribution in [0.25, 0.3) is 11.0 Å². The highest BCUT2D eigenvalue weighted by Gasteiger charge is 2.18. The minimum atomic E-state index is -0.0345. The first-order chi connectivity index (χ1) is 8.24. The molecule has 3 rings (SSSR count). The normalized spacial score (nSPS) is 20.9. The van der Waals surface area contributed by atoms with Gasteiger partial charge in [0.1, 0.15) is 17.3 Å². The van der Waals surface area contributed by atoms with E-state index < -0.39 is 0 Å². The number of fused-ring (bicyclic) bond motifs is 1. The Kier molecular flexibility index (Phi) is 2.90. The van der Waals surface area contributed by atoms with Crippen molar-refractivity contribution in [1.29, 1.82) is 0 Å². The summed E-state index contributed by atoms with van der Waals surface area (Å²) in [7, 11) is 0. The third-order valence-corrected chi connectivity index (χ3v) is 3.19. The Morgan fingerprint density at radius 1 is 1.29 bits per heavy atom. The van der Waals surface area contributed by atoms with Gasteiger partial charge in [0, 0.05) is 6.61 Å². The Bertz CT molecular complexity index is 550. The molecule has 7 heteroatoms. The molecule has 1 unspecified atom stereocenters. The Hall–Kier alpha value is -0.910. The number of hydrogen-bond donors (Lipinski definition) is 0. The van der Waals surface area contributed by atoms with E-state index in [4.69, 9.17) is 27.9 Å². The van der Waals surface area contributed by atoms with Gasteiger partial charge in [0.05, 0.1) is 6.20 Å². The number of rotatable bonds is 1. The van der Waals surface area contributed by atoms with Crippen LogP contribution in [0.2, 0.25) is 10.4 Å². The van der Waals surface area contributed by atoms with Gasteiger partial charge in [-0.1, -0.05) is 11.6 Å². The first kappa shape index (κ1) is 11.2. The molecule has 0 amide bonds. The molecule has 90 valence electrons. The van der Waals surface area contributed by atoms with E-state index in [2.05, 4.69) is 15.1 Å². The summed E-state index contributed by atoms with van der Waals surface area (Å²) in [6, 6.07) is 0. The Labute approximate surface area is 108 Å². The van der Waals surface area contributed by atoms with Gasteiger partial charge in [-0.05, 0) is 30.9 Å². The molecule has 2 aromatic rings. The zero-order valence-corrected chi connectivity index (χ0v) is 10.4. The molecule has 0 aromatic carbocycles.